The summed E-state index contributed by atoms with van der Waals surface area (Å²) in [6.07, 6.45) is 1.54. The molecule has 1 amide bonds. The van der Waals surface area contributed by atoms with E-state index < -0.39 is 0 Å². The van der Waals surface area contributed by atoms with Gasteiger partial charge in [-0.25, -0.2) is 0 Å². The first-order chi connectivity index (χ1) is 12.7. The van der Waals surface area contributed by atoms with Crippen LogP contribution in [0.15, 0.2) is 36.4 Å². The van der Waals surface area contributed by atoms with Crippen LogP contribution in [0.3, 0.4) is 0 Å². The molecule has 26 heavy (non-hydrogen) atoms. The Morgan fingerprint density at radius 3 is 2.38 bits per heavy atom. The van der Waals surface area contributed by atoms with Gasteiger partial charge in [0, 0.05) is 42.5 Å². The van der Waals surface area contributed by atoms with Crippen LogP contribution in [-0.2, 0) is 11.3 Å². The van der Waals surface area contributed by atoms with Crippen LogP contribution >= 0.6 is 0 Å². The lowest BCUT2D eigenvalue weighted by molar-refractivity contribution is -0.117. The number of amides is 1. The van der Waals surface area contributed by atoms with Gasteiger partial charge in [-0.15, -0.1) is 0 Å². The number of ether oxygens (including phenoxy) is 3. The lowest BCUT2D eigenvalue weighted by Gasteiger charge is -2.18. The van der Waals surface area contributed by atoms with E-state index in [1.54, 1.807) is 21.3 Å². The van der Waals surface area contributed by atoms with E-state index in [2.05, 4.69) is 5.32 Å². The first-order valence-corrected chi connectivity index (χ1v) is 8.59. The summed E-state index contributed by atoms with van der Waals surface area (Å²) in [5.74, 6) is 2.19. The van der Waals surface area contributed by atoms with E-state index in [0.717, 1.165) is 35.7 Å². The van der Waals surface area contributed by atoms with Crippen molar-refractivity contribution in [2.45, 2.75) is 19.4 Å². The van der Waals surface area contributed by atoms with Crippen molar-refractivity contribution in [1.29, 1.82) is 0 Å². The molecule has 1 saturated heterocycles. The minimum Gasteiger partial charge on any atom is -0.496 e. The Bertz CT molecular complexity index is 791. The van der Waals surface area contributed by atoms with Crippen molar-refractivity contribution in [1.82, 2.24) is 0 Å². The fourth-order valence-corrected chi connectivity index (χ4v) is 3.13. The summed E-state index contributed by atoms with van der Waals surface area (Å²) in [7, 11) is 4.84. The Morgan fingerprint density at radius 1 is 1.00 bits per heavy atom. The zero-order valence-corrected chi connectivity index (χ0v) is 15.4. The van der Waals surface area contributed by atoms with Crippen molar-refractivity contribution in [2.75, 3.05) is 38.1 Å². The largest absolute Gasteiger partial charge is 0.496 e. The molecule has 2 aromatic carbocycles. The average Bonchev–Trinajstić information content (AvgIpc) is 3.11. The van der Waals surface area contributed by atoms with Crippen molar-refractivity contribution in [2.24, 2.45) is 0 Å². The minimum absolute atomic E-state index is 0.184. The lowest BCUT2D eigenvalue weighted by atomic mass is 10.1. The van der Waals surface area contributed by atoms with Gasteiger partial charge in [-0.3, -0.25) is 4.79 Å². The number of nitrogens with zero attached hydrogens (tertiary/aromatic N) is 1. The molecule has 6 heteroatoms. The molecule has 1 aliphatic rings. The molecule has 0 aliphatic carbocycles. The maximum atomic E-state index is 11.9. The van der Waals surface area contributed by atoms with Gasteiger partial charge in [0.25, 0.3) is 0 Å². The highest BCUT2D eigenvalue weighted by Gasteiger charge is 2.21. The molecular formula is C20H24N2O4. The SMILES string of the molecule is COc1cc(OC)c(OC)cc1CNc1cccc(N2CCCC2=O)c1. The fourth-order valence-electron chi connectivity index (χ4n) is 3.13. The topological polar surface area (TPSA) is 60.0 Å². The second-order valence-electron chi connectivity index (χ2n) is 6.07. The molecule has 0 saturated carbocycles. The van der Waals surface area contributed by atoms with Gasteiger partial charge < -0.3 is 24.4 Å². The van der Waals surface area contributed by atoms with Crippen LogP contribution in [0.25, 0.3) is 0 Å². The summed E-state index contributed by atoms with van der Waals surface area (Å²) < 4.78 is 16.2. The third-order valence-electron chi connectivity index (χ3n) is 4.50. The van der Waals surface area contributed by atoms with E-state index in [0.29, 0.717) is 24.5 Å². The van der Waals surface area contributed by atoms with E-state index in [1.807, 2.05) is 41.3 Å². The van der Waals surface area contributed by atoms with Crippen LogP contribution < -0.4 is 24.4 Å². The van der Waals surface area contributed by atoms with Crippen molar-refractivity contribution in [3.05, 3.63) is 42.0 Å². The Hall–Kier alpha value is -2.89. The number of carbonyl (C=O) groups is 1. The highest BCUT2D eigenvalue weighted by molar-refractivity contribution is 5.95. The molecule has 2 aromatic rings. The Kier molecular flexibility index (Phi) is 5.51. The fraction of sp³-hybridized carbons (Fsp3) is 0.350. The molecule has 6 nitrogen and oxygen atoms in total. The molecule has 0 spiro atoms. The summed E-state index contributed by atoms with van der Waals surface area (Å²) in [6, 6.07) is 11.6. The van der Waals surface area contributed by atoms with Gasteiger partial charge in [-0.2, -0.15) is 0 Å². The smallest absolute Gasteiger partial charge is 0.227 e. The molecule has 0 aromatic heterocycles. The normalized spacial score (nSPS) is 13.7. The summed E-state index contributed by atoms with van der Waals surface area (Å²) in [5, 5.41) is 3.39. The predicted molar refractivity (Wildman–Crippen MR) is 101 cm³/mol. The number of hydrogen-bond acceptors (Lipinski definition) is 5. The van der Waals surface area contributed by atoms with Crippen molar-refractivity contribution in [3.63, 3.8) is 0 Å². The van der Waals surface area contributed by atoms with E-state index in [4.69, 9.17) is 14.2 Å². The van der Waals surface area contributed by atoms with E-state index in [1.165, 1.54) is 0 Å². The van der Waals surface area contributed by atoms with Gasteiger partial charge in [0.2, 0.25) is 5.91 Å². The minimum atomic E-state index is 0.184. The second kappa shape index (κ2) is 7.99. The van der Waals surface area contributed by atoms with Crippen LogP contribution in [-0.4, -0.2) is 33.8 Å². The molecule has 1 aliphatic heterocycles. The summed E-state index contributed by atoms with van der Waals surface area (Å²) >= 11 is 0. The number of anilines is 2. The Labute approximate surface area is 153 Å². The van der Waals surface area contributed by atoms with Crippen LogP contribution in [0.5, 0.6) is 17.2 Å². The standard InChI is InChI=1S/C20H24N2O4/c1-24-17-12-19(26-3)18(25-2)10-14(17)13-21-15-6-4-7-16(11-15)22-9-5-8-20(22)23/h4,6-7,10-12,21H,5,8-9,13H2,1-3H3. The molecule has 0 unspecified atom stereocenters. The molecule has 1 N–H and O–H groups in total. The van der Waals surface area contributed by atoms with Crippen molar-refractivity contribution in [3.8, 4) is 17.2 Å². The van der Waals surface area contributed by atoms with Crippen molar-refractivity contribution < 1.29 is 19.0 Å². The van der Waals surface area contributed by atoms with Crippen LogP contribution in [0, 0.1) is 0 Å². The number of nitrogens with one attached hydrogen (secondary N) is 1. The van der Waals surface area contributed by atoms with Gasteiger partial charge in [-0.05, 0) is 30.7 Å². The lowest BCUT2D eigenvalue weighted by Crippen LogP contribution is -2.23. The number of carbonyl (C=O) groups excluding carboxylic acids is 1. The third kappa shape index (κ3) is 3.69. The zero-order chi connectivity index (χ0) is 18.5. The monoisotopic (exact) mass is 356 g/mol. The number of methoxy groups -OCH3 is 3. The highest BCUT2D eigenvalue weighted by atomic mass is 16.5. The number of hydrogen-bond donors (Lipinski definition) is 1. The Morgan fingerprint density at radius 2 is 1.73 bits per heavy atom. The first-order valence-electron chi connectivity index (χ1n) is 8.59. The van der Waals surface area contributed by atoms with E-state index >= 15 is 0 Å². The number of rotatable bonds is 7. The highest BCUT2D eigenvalue weighted by Crippen LogP contribution is 2.35. The average molecular weight is 356 g/mol. The third-order valence-corrected chi connectivity index (χ3v) is 4.50. The van der Waals surface area contributed by atoms with Gasteiger partial charge in [-0.1, -0.05) is 6.07 Å². The number of benzene rings is 2. The molecule has 1 heterocycles. The van der Waals surface area contributed by atoms with Gasteiger partial charge in [0.1, 0.15) is 5.75 Å². The molecule has 3 rings (SSSR count). The second-order valence-corrected chi connectivity index (χ2v) is 6.07. The zero-order valence-electron chi connectivity index (χ0n) is 15.4. The first kappa shape index (κ1) is 17.9. The van der Waals surface area contributed by atoms with Crippen LogP contribution in [0.2, 0.25) is 0 Å². The Balaban J connectivity index is 1.77. The summed E-state index contributed by atoms with van der Waals surface area (Å²) in [4.78, 5) is 13.8. The van der Waals surface area contributed by atoms with Gasteiger partial charge in [0.05, 0.1) is 21.3 Å². The van der Waals surface area contributed by atoms with Gasteiger partial charge >= 0.3 is 0 Å². The van der Waals surface area contributed by atoms with Crippen LogP contribution in [0.1, 0.15) is 18.4 Å². The van der Waals surface area contributed by atoms with E-state index in [9.17, 15) is 4.79 Å². The van der Waals surface area contributed by atoms with Crippen LogP contribution in [0.4, 0.5) is 11.4 Å². The van der Waals surface area contributed by atoms with E-state index in [-0.39, 0.29) is 5.91 Å². The quantitative estimate of drug-likeness (QED) is 0.823. The molecule has 0 bridgehead atoms. The maximum absolute atomic E-state index is 11.9. The maximum Gasteiger partial charge on any atom is 0.227 e. The van der Waals surface area contributed by atoms with Crippen molar-refractivity contribution >= 4 is 17.3 Å². The molecule has 1 fully saturated rings. The summed E-state index contributed by atoms with van der Waals surface area (Å²) in [5.41, 5.74) is 2.82. The molecule has 0 atom stereocenters. The summed E-state index contributed by atoms with van der Waals surface area (Å²) in [6.45, 7) is 1.34. The predicted octanol–water partition coefficient (Wildman–Crippen LogP) is 3.45. The molecule has 138 valence electrons. The molecule has 0 radical (unpaired) electrons. The molecular weight excluding hydrogens is 332 g/mol. The van der Waals surface area contributed by atoms with Gasteiger partial charge in [0.15, 0.2) is 11.5 Å².